The Morgan fingerprint density at radius 1 is 1.29 bits per heavy atom. The molecule has 5 heteroatoms. The van der Waals surface area contributed by atoms with E-state index in [2.05, 4.69) is 5.32 Å². The molecule has 0 aromatic heterocycles. The normalized spacial score (nSPS) is 15.2. The largest absolute Gasteiger partial charge is 0.342 e. The fraction of sp³-hybridized carbons (Fsp3) is 0.438. The van der Waals surface area contributed by atoms with Gasteiger partial charge in [0.05, 0.1) is 11.3 Å². The lowest BCUT2D eigenvalue weighted by Gasteiger charge is -2.20. The highest BCUT2D eigenvalue weighted by atomic mass is 16.2. The molecule has 110 valence electrons. The number of nitriles is 1. The number of carbonyl (C=O) groups excluding carboxylic acids is 2. The van der Waals surface area contributed by atoms with Crippen molar-refractivity contribution in [2.24, 2.45) is 0 Å². The van der Waals surface area contributed by atoms with Gasteiger partial charge in [-0.2, -0.15) is 5.26 Å². The second-order valence-electron chi connectivity index (χ2n) is 5.15. The lowest BCUT2D eigenvalue weighted by Crippen LogP contribution is -2.33. The summed E-state index contributed by atoms with van der Waals surface area (Å²) in [5.74, 6) is -0.0347. The third-order valence-corrected chi connectivity index (χ3v) is 3.60. The van der Waals surface area contributed by atoms with Crippen molar-refractivity contribution in [3.63, 3.8) is 0 Å². The maximum Gasteiger partial charge on any atom is 0.226 e. The molecule has 1 aromatic rings. The van der Waals surface area contributed by atoms with Crippen LogP contribution in [-0.4, -0.2) is 29.8 Å². The van der Waals surface area contributed by atoms with Crippen LogP contribution in [-0.2, 0) is 9.59 Å². The van der Waals surface area contributed by atoms with Crippen LogP contribution in [0.5, 0.6) is 0 Å². The summed E-state index contributed by atoms with van der Waals surface area (Å²) < 4.78 is 0. The van der Waals surface area contributed by atoms with E-state index in [1.54, 1.807) is 29.2 Å². The van der Waals surface area contributed by atoms with Crippen LogP contribution in [0.2, 0.25) is 0 Å². The molecule has 1 saturated heterocycles. The van der Waals surface area contributed by atoms with Crippen molar-refractivity contribution in [2.45, 2.75) is 32.1 Å². The fourth-order valence-electron chi connectivity index (χ4n) is 2.41. The zero-order chi connectivity index (χ0) is 15.1. The van der Waals surface area contributed by atoms with E-state index < -0.39 is 0 Å². The number of benzene rings is 1. The van der Waals surface area contributed by atoms with Gasteiger partial charge in [0.1, 0.15) is 6.07 Å². The second-order valence-corrected chi connectivity index (χ2v) is 5.15. The molecule has 0 spiro atoms. The van der Waals surface area contributed by atoms with Gasteiger partial charge in [-0.05, 0) is 25.0 Å². The average molecular weight is 285 g/mol. The summed E-state index contributed by atoms with van der Waals surface area (Å²) in [6.45, 7) is 1.18. The standard InChI is InChI=1S/C16H19N3O2/c17-12-13-6-3-4-7-14(13)18-15(20)9-11-19-10-5-1-2-8-16(19)21/h3-4,6-7H,1-2,5,8-11H2,(H,18,20). The molecule has 21 heavy (non-hydrogen) atoms. The molecule has 2 rings (SSSR count). The lowest BCUT2D eigenvalue weighted by molar-refractivity contribution is -0.131. The summed E-state index contributed by atoms with van der Waals surface area (Å²) >= 11 is 0. The molecule has 1 aliphatic heterocycles. The van der Waals surface area contributed by atoms with E-state index in [0.717, 1.165) is 25.8 Å². The molecule has 1 heterocycles. The van der Waals surface area contributed by atoms with E-state index in [4.69, 9.17) is 5.26 Å². The minimum Gasteiger partial charge on any atom is -0.342 e. The van der Waals surface area contributed by atoms with Crippen LogP contribution in [0.25, 0.3) is 0 Å². The number of hydrogen-bond acceptors (Lipinski definition) is 3. The molecule has 1 aromatic carbocycles. The van der Waals surface area contributed by atoms with Crippen LogP contribution in [0.3, 0.4) is 0 Å². The van der Waals surface area contributed by atoms with Crippen LogP contribution in [0.4, 0.5) is 5.69 Å². The van der Waals surface area contributed by atoms with Gasteiger partial charge in [0.25, 0.3) is 0 Å². The van der Waals surface area contributed by atoms with Gasteiger partial charge in [-0.1, -0.05) is 18.6 Å². The van der Waals surface area contributed by atoms with Crippen LogP contribution in [0.15, 0.2) is 24.3 Å². The van der Waals surface area contributed by atoms with E-state index in [1.807, 2.05) is 6.07 Å². The number of nitrogens with one attached hydrogen (secondary N) is 1. The zero-order valence-electron chi connectivity index (χ0n) is 12.0. The maximum absolute atomic E-state index is 12.0. The highest BCUT2D eigenvalue weighted by molar-refractivity contribution is 5.92. The minimum absolute atomic E-state index is 0.137. The Labute approximate surface area is 124 Å². The Bertz CT molecular complexity index is 563. The highest BCUT2D eigenvalue weighted by Gasteiger charge is 2.17. The van der Waals surface area contributed by atoms with E-state index in [-0.39, 0.29) is 18.2 Å². The van der Waals surface area contributed by atoms with Crippen molar-refractivity contribution in [1.82, 2.24) is 4.90 Å². The van der Waals surface area contributed by atoms with Crippen LogP contribution < -0.4 is 5.32 Å². The second kappa shape index (κ2) is 7.44. The van der Waals surface area contributed by atoms with Gasteiger partial charge >= 0.3 is 0 Å². The predicted molar refractivity (Wildman–Crippen MR) is 79.5 cm³/mol. The fourth-order valence-corrected chi connectivity index (χ4v) is 2.41. The van der Waals surface area contributed by atoms with E-state index in [1.165, 1.54) is 0 Å². The van der Waals surface area contributed by atoms with Gasteiger partial charge in [-0.15, -0.1) is 0 Å². The maximum atomic E-state index is 12.0. The molecule has 0 radical (unpaired) electrons. The molecular formula is C16H19N3O2. The van der Waals surface area contributed by atoms with Crippen LogP contribution >= 0.6 is 0 Å². The topological polar surface area (TPSA) is 73.2 Å². The first-order valence-electron chi connectivity index (χ1n) is 7.27. The summed E-state index contributed by atoms with van der Waals surface area (Å²) in [7, 11) is 0. The van der Waals surface area contributed by atoms with E-state index in [0.29, 0.717) is 24.2 Å². The first-order chi connectivity index (χ1) is 10.2. The molecule has 1 aliphatic rings. The molecule has 0 saturated carbocycles. The molecule has 5 nitrogen and oxygen atoms in total. The molecule has 0 unspecified atom stereocenters. The molecule has 0 aliphatic carbocycles. The van der Waals surface area contributed by atoms with E-state index >= 15 is 0 Å². The Balaban J connectivity index is 1.87. The Morgan fingerprint density at radius 2 is 2.10 bits per heavy atom. The summed E-state index contributed by atoms with van der Waals surface area (Å²) in [6, 6.07) is 8.93. The van der Waals surface area contributed by atoms with E-state index in [9.17, 15) is 9.59 Å². The molecule has 0 bridgehead atoms. The Kier molecular flexibility index (Phi) is 5.33. The number of carbonyl (C=O) groups is 2. The van der Waals surface area contributed by atoms with Gasteiger partial charge in [0.15, 0.2) is 0 Å². The third kappa shape index (κ3) is 4.32. The minimum atomic E-state index is -0.172. The van der Waals surface area contributed by atoms with Crippen molar-refractivity contribution in [1.29, 1.82) is 5.26 Å². The van der Waals surface area contributed by atoms with Crippen molar-refractivity contribution in [2.75, 3.05) is 18.4 Å². The SMILES string of the molecule is N#Cc1ccccc1NC(=O)CCN1CCCCCC1=O. The lowest BCUT2D eigenvalue weighted by atomic mass is 10.2. The summed E-state index contributed by atoms with van der Waals surface area (Å²) in [4.78, 5) is 25.6. The van der Waals surface area contributed by atoms with Gasteiger partial charge in [-0.3, -0.25) is 9.59 Å². The third-order valence-electron chi connectivity index (χ3n) is 3.60. The predicted octanol–water partition coefficient (Wildman–Crippen LogP) is 2.29. The number of likely N-dealkylation sites (tertiary alicyclic amines) is 1. The first kappa shape index (κ1) is 15.0. The summed E-state index contributed by atoms with van der Waals surface area (Å²) in [6.07, 6.45) is 3.86. The molecule has 1 fully saturated rings. The van der Waals surface area contributed by atoms with Crippen molar-refractivity contribution in [3.8, 4) is 6.07 Å². The average Bonchev–Trinajstić information content (AvgIpc) is 2.70. The number of para-hydroxylation sites is 1. The van der Waals surface area contributed by atoms with Crippen LogP contribution in [0.1, 0.15) is 37.7 Å². The van der Waals surface area contributed by atoms with Crippen molar-refractivity contribution >= 4 is 17.5 Å². The van der Waals surface area contributed by atoms with Crippen molar-refractivity contribution in [3.05, 3.63) is 29.8 Å². The Morgan fingerprint density at radius 3 is 2.90 bits per heavy atom. The summed E-state index contributed by atoms with van der Waals surface area (Å²) in [5, 5.41) is 11.7. The van der Waals surface area contributed by atoms with Gasteiger partial charge in [-0.25, -0.2) is 0 Å². The number of anilines is 1. The Hall–Kier alpha value is -2.35. The molecule has 2 amide bonds. The molecule has 0 atom stereocenters. The molecular weight excluding hydrogens is 266 g/mol. The zero-order valence-corrected chi connectivity index (χ0v) is 12.0. The van der Waals surface area contributed by atoms with Gasteiger partial charge in [0, 0.05) is 25.9 Å². The highest BCUT2D eigenvalue weighted by Crippen LogP contribution is 2.15. The number of nitrogens with zero attached hydrogens (tertiary/aromatic N) is 2. The number of rotatable bonds is 4. The quantitative estimate of drug-likeness (QED) is 0.922. The number of amides is 2. The van der Waals surface area contributed by atoms with Gasteiger partial charge < -0.3 is 10.2 Å². The monoisotopic (exact) mass is 285 g/mol. The molecule has 1 N–H and O–H groups in total. The van der Waals surface area contributed by atoms with Gasteiger partial charge in [0.2, 0.25) is 11.8 Å². The van der Waals surface area contributed by atoms with Crippen LogP contribution in [0, 0.1) is 11.3 Å². The smallest absolute Gasteiger partial charge is 0.226 e. The summed E-state index contributed by atoms with van der Waals surface area (Å²) in [5.41, 5.74) is 0.962. The first-order valence-corrected chi connectivity index (χ1v) is 7.27. The number of hydrogen-bond donors (Lipinski definition) is 1. The van der Waals surface area contributed by atoms with Crippen molar-refractivity contribution < 1.29 is 9.59 Å².